The normalized spacial score (nSPS) is 14.1. The molecule has 2 unspecified atom stereocenters. The molecular weight excluding hydrogens is 263 g/mol. The standard InChI is InChI=1S/C15H29FO2S/c1-4-7-11-14(15(17)18-6-3)19-12-8-10-13(16)9-5-2/h13-14H,4-12H2,1-3H3. The van der Waals surface area contributed by atoms with Gasteiger partial charge in [-0.1, -0.05) is 33.1 Å². The molecule has 0 bridgehead atoms. The van der Waals surface area contributed by atoms with Gasteiger partial charge < -0.3 is 4.74 Å². The number of hydrogen-bond donors (Lipinski definition) is 0. The van der Waals surface area contributed by atoms with Gasteiger partial charge in [-0.3, -0.25) is 4.79 Å². The minimum Gasteiger partial charge on any atom is -0.465 e. The van der Waals surface area contributed by atoms with Crippen molar-refractivity contribution in [1.82, 2.24) is 0 Å². The number of alkyl halides is 1. The first kappa shape index (κ1) is 18.8. The minimum atomic E-state index is -0.678. The van der Waals surface area contributed by atoms with E-state index in [0.717, 1.165) is 37.9 Å². The highest BCUT2D eigenvalue weighted by atomic mass is 32.2. The highest BCUT2D eigenvalue weighted by Crippen LogP contribution is 2.21. The van der Waals surface area contributed by atoms with Gasteiger partial charge in [-0.25, -0.2) is 4.39 Å². The van der Waals surface area contributed by atoms with Crippen LogP contribution < -0.4 is 0 Å². The molecule has 0 N–H and O–H groups in total. The molecule has 0 aliphatic heterocycles. The zero-order valence-electron chi connectivity index (χ0n) is 12.6. The summed E-state index contributed by atoms with van der Waals surface area (Å²) >= 11 is 1.63. The lowest BCUT2D eigenvalue weighted by Gasteiger charge is -2.15. The zero-order valence-corrected chi connectivity index (χ0v) is 13.4. The number of thioether (sulfide) groups is 1. The van der Waals surface area contributed by atoms with Crippen molar-refractivity contribution in [3.8, 4) is 0 Å². The van der Waals surface area contributed by atoms with Crippen LogP contribution in [-0.4, -0.2) is 29.8 Å². The summed E-state index contributed by atoms with van der Waals surface area (Å²) in [4.78, 5) is 11.8. The lowest BCUT2D eigenvalue weighted by molar-refractivity contribution is -0.142. The van der Waals surface area contributed by atoms with Crippen LogP contribution in [0.25, 0.3) is 0 Å². The first-order chi connectivity index (χ1) is 9.15. The van der Waals surface area contributed by atoms with E-state index in [9.17, 15) is 9.18 Å². The fourth-order valence-electron chi connectivity index (χ4n) is 1.88. The van der Waals surface area contributed by atoms with E-state index in [0.29, 0.717) is 19.4 Å². The first-order valence-electron chi connectivity index (χ1n) is 7.57. The molecule has 0 spiro atoms. The number of esters is 1. The molecule has 0 saturated carbocycles. The molecule has 0 saturated heterocycles. The third kappa shape index (κ3) is 10.2. The van der Waals surface area contributed by atoms with Crippen LogP contribution in [0.4, 0.5) is 4.39 Å². The maximum Gasteiger partial charge on any atom is 0.319 e. The zero-order chi connectivity index (χ0) is 14.5. The van der Waals surface area contributed by atoms with E-state index in [-0.39, 0.29) is 11.2 Å². The Hall–Kier alpha value is -0.250. The number of hydrogen-bond acceptors (Lipinski definition) is 3. The summed E-state index contributed by atoms with van der Waals surface area (Å²) in [6.07, 6.45) is 5.32. The van der Waals surface area contributed by atoms with Crippen molar-refractivity contribution in [1.29, 1.82) is 0 Å². The van der Waals surface area contributed by atoms with Gasteiger partial charge in [0.1, 0.15) is 11.4 Å². The van der Waals surface area contributed by atoms with E-state index in [1.54, 1.807) is 11.8 Å². The van der Waals surface area contributed by atoms with E-state index >= 15 is 0 Å². The molecule has 0 aromatic carbocycles. The Kier molecular flexibility index (Phi) is 12.6. The summed E-state index contributed by atoms with van der Waals surface area (Å²) in [5.74, 6) is 0.739. The molecular formula is C15H29FO2S. The fourth-order valence-corrected chi connectivity index (χ4v) is 3.04. The molecule has 114 valence electrons. The van der Waals surface area contributed by atoms with Crippen molar-refractivity contribution < 1.29 is 13.9 Å². The number of rotatable bonds is 12. The predicted octanol–water partition coefficient (Wildman–Crippen LogP) is 4.76. The second-order valence-corrected chi connectivity index (χ2v) is 6.09. The van der Waals surface area contributed by atoms with Crippen LogP contribution >= 0.6 is 11.8 Å². The maximum absolute atomic E-state index is 13.3. The van der Waals surface area contributed by atoms with Crippen LogP contribution in [0.2, 0.25) is 0 Å². The Labute approximate surface area is 121 Å². The fraction of sp³-hybridized carbons (Fsp3) is 0.933. The summed E-state index contributed by atoms with van der Waals surface area (Å²) in [5, 5.41) is -0.0656. The van der Waals surface area contributed by atoms with Crippen LogP contribution in [0.3, 0.4) is 0 Å². The SMILES string of the molecule is CCCCC(SCCCC(F)CCC)C(=O)OCC. The third-order valence-electron chi connectivity index (χ3n) is 2.95. The summed E-state index contributed by atoms with van der Waals surface area (Å²) in [7, 11) is 0. The highest BCUT2D eigenvalue weighted by Gasteiger charge is 2.19. The molecule has 0 heterocycles. The molecule has 2 atom stereocenters. The lowest BCUT2D eigenvalue weighted by atomic mass is 10.1. The quantitative estimate of drug-likeness (QED) is 0.383. The Balaban J connectivity index is 3.88. The number of carbonyl (C=O) groups is 1. The largest absolute Gasteiger partial charge is 0.465 e. The smallest absolute Gasteiger partial charge is 0.319 e. The minimum absolute atomic E-state index is 0.0656. The molecule has 0 aliphatic carbocycles. The Bertz CT molecular complexity index is 224. The highest BCUT2D eigenvalue weighted by molar-refractivity contribution is 8.00. The number of carbonyl (C=O) groups excluding carboxylic acids is 1. The van der Waals surface area contributed by atoms with Gasteiger partial charge in [0.15, 0.2) is 0 Å². The van der Waals surface area contributed by atoms with Crippen molar-refractivity contribution in [2.45, 2.75) is 77.1 Å². The van der Waals surface area contributed by atoms with E-state index in [1.165, 1.54) is 0 Å². The average molecular weight is 292 g/mol. The lowest BCUT2D eigenvalue weighted by Crippen LogP contribution is -2.21. The number of halogens is 1. The molecule has 2 nitrogen and oxygen atoms in total. The van der Waals surface area contributed by atoms with Crippen LogP contribution in [-0.2, 0) is 9.53 Å². The van der Waals surface area contributed by atoms with Crippen LogP contribution in [0.5, 0.6) is 0 Å². The molecule has 0 aromatic rings. The molecule has 0 fully saturated rings. The Morgan fingerprint density at radius 3 is 2.42 bits per heavy atom. The van der Waals surface area contributed by atoms with Gasteiger partial charge in [-0.2, -0.15) is 0 Å². The number of unbranched alkanes of at least 4 members (excludes halogenated alkanes) is 1. The molecule has 4 heteroatoms. The average Bonchev–Trinajstić information content (AvgIpc) is 2.38. The Morgan fingerprint density at radius 1 is 1.11 bits per heavy atom. The van der Waals surface area contributed by atoms with Crippen molar-refractivity contribution in [2.75, 3.05) is 12.4 Å². The second-order valence-electron chi connectivity index (χ2n) is 4.78. The molecule has 0 rings (SSSR count). The summed E-state index contributed by atoms with van der Waals surface area (Å²) < 4.78 is 18.4. The third-order valence-corrected chi connectivity index (χ3v) is 4.31. The number of ether oxygens (including phenoxy) is 1. The van der Waals surface area contributed by atoms with Gasteiger partial charge in [0.2, 0.25) is 0 Å². The Morgan fingerprint density at radius 2 is 1.84 bits per heavy atom. The van der Waals surface area contributed by atoms with Crippen molar-refractivity contribution >= 4 is 17.7 Å². The summed E-state index contributed by atoms with van der Waals surface area (Å²) in [6.45, 7) is 6.39. The van der Waals surface area contributed by atoms with E-state index in [1.807, 2.05) is 13.8 Å². The van der Waals surface area contributed by atoms with Gasteiger partial charge >= 0.3 is 5.97 Å². The first-order valence-corrected chi connectivity index (χ1v) is 8.62. The molecule has 19 heavy (non-hydrogen) atoms. The van der Waals surface area contributed by atoms with Gasteiger partial charge in [0, 0.05) is 0 Å². The van der Waals surface area contributed by atoms with Crippen molar-refractivity contribution in [3.63, 3.8) is 0 Å². The van der Waals surface area contributed by atoms with Crippen molar-refractivity contribution in [2.24, 2.45) is 0 Å². The predicted molar refractivity (Wildman–Crippen MR) is 81.4 cm³/mol. The molecule has 0 aliphatic rings. The van der Waals surface area contributed by atoms with Gasteiger partial charge in [0.25, 0.3) is 0 Å². The van der Waals surface area contributed by atoms with E-state index in [2.05, 4.69) is 6.92 Å². The van der Waals surface area contributed by atoms with Crippen molar-refractivity contribution in [3.05, 3.63) is 0 Å². The summed E-state index contributed by atoms with van der Waals surface area (Å²) in [5.41, 5.74) is 0. The van der Waals surface area contributed by atoms with Crippen LogP contribution in [0.1, 0.15) is 65.7 Å². The van der Waals surface area contributed by atoms with Gasteiger partial charge in [-0.15, -0.1) is 11.8 Å². The van der Waals surface area contributed by atoms with Gasteiger partial charge in [-0.05, 0) is 38.4 Å². The van der Waals surface area contributed by atoms with Crippen LogP contribution in [0.15, 0.2) is 0 Å². The molecule has 0 amide bonds. The van der Waals surface area contributed by atoms with E-state index < -0.39 is 6.17 Å². The monoisotopic (exact) mass is 292 g/mol. The maximum atomic E-state index is 13.3. The summed E-state index contributed by atoms with van der Waals surface area (Å²) in [6, 6.07) is 0. The van der Waals surface area contributed by atoms with E-state index in [4.69, 9.17) is 4.74 Å². The second kappa shape index (κ2) is 12.8. The van der Waals surface area contributed by atoms with Gasteiger partial charge in [0.05, 0.1) is 6.61 Å². The topological polar surface area (TPSA) is 26.3 Å². The molecule has 0 aromatic heterocycles. The van der Waals surface area contributed by atoms with Crippen LogP contribution in [0, 0.1) is 0 Å². The molecule has 0 radical (unpaired) electrons.